The minimum absolute atomic E-state index is 0.0709. The van der Waals surface area contributed by atoms with Crippen LogP contribution in [-0.2, 0) is 11.3 Å². The first kappa shape index (κ1) is 20.7. The fourth-order valence-corrected chi connectivity index (χ4v) is 4.80. The van der Waals surface area contributed by atoms with Gasteiger partial charge in [-0.1, -0.05) is 48.2 Å². The molecule has 0 radical (unpaired) electrons. The normalized spacial score (nSPS) is 16.7. The molecule has 1 fully saturated rings. The summed E-state index contributed by atoms with van der Waals surface area (Å²) in [5, 5.41) is 4.04. The van der Waals surface area contributed by atoms with Gasteiger partial charge in [-0.3, -0.25) is 14.3 Å². The van der Waals surface area contributed by atoms with E-state index in [0.29, 0.717) is 5.75 Å². The lowest BCUT2D eigenvalue weighted by molar-refractivity contribution is -0.119. The molecule has 1 aliphatic rings. The smallest absolute Gasteiger partial charge is 0.230 e. The number of rotatable bonds is 7. The molecule has 0 bridgehead atoms. The summed E-state index contributed by atoms with van der Waals surface area (Å²) in [6.07, 6.45) is 4.74. The summed E-state index contributed by atoms with van der Waals surface area (Å²) in [7, 11) is 0. The standard InChI is InChI=1S/C24H28N4OS/c1-18-12-19(2)14-22(13-18)28-11-9-25-24(28)30-17-23(29)26-21-8-10-27(16-21)15-20-6-4-3-5-7-20/h3-7,9,11-14,21H,8,10,15-17H2,1-2H3,(H,26,29). The number of aryl methyl sites for hydroxylation is 2. The summed E-state index contributed by atoms with van der Waals surface area (Å²) in [5.41, 5.74) is 4.83. The molecule has 3 aromatic rings. The Hall–Kier alpha value is -2.57. The van der Waals surface area contributed by atoms with Gasteiger partial charge in [-0.2, -0.15) is 0 Å². The van der Waals surface area contributed by atoms with E-state index >= 15 is 0 Å². The monoisotopic (exact) mass is 420 g/mol. The molecular weight excluding hydrogens is 392 g/mol. The quantitative estimate of drug-likeness (QED) is 0.588. The molecule has 156 valence electrons. The summed E-state index contributed by atoms with van der Waals surface area (Å²) < 4.78 is 2.05. The van der Waals surface area contributed by atoms with Crippen LogP contribution in [-0.4, -0.2) is 45.2 Å². The second-order valence-electron chi connectivity index (χ2n) is 7.99. The van der Waals surface area contributed by atoms with Gasteiger partial charge < -0.3 is 5.32 Å². The second-order valence-corrected chi connectivity index (χ2v) is 8.93. The van der Waals surface area contributed by atoms with Gasteiger partial charge in [0.15, 0.2) is 5.16 Å². The molecular formula is C24H28N4OS. The summed E-state index contributed by atoms with van der Waals surface area (Å²) >= 11 is 1.48. The molecule has 2 heterocycles. The van der Waals surface area contributed by atoms with Gasteiger partial charge in [-0.25, -0.2) is 4.98 Å². The van der Waals surface area contributed by atoms with E-state index in [1.807, 2.05) is 12.3 Å². The van der Waals surface area contributed by atoms with Crippen molar-refractivity contribution < 1.29 is 4.79 Å². The number of benzene rings is 2. The molecule has 1 saturated heterocycles. The van der Waals surface area contributed by atoms with Crippen molar-refractivity contribution in [3.63, 3.8) is 0 Å². The van der Waals surface area contributed by atoms with Crippen molar-refractivity contribution in [2.75, 3.05) is 18.8 Å². The molecule has 6 heteroatoms. The SMILES string of the molecule is Cc1cc(C)cc(-n2ccnc2SCC(=O)NC2CCN(Cc3ccccc3)C2)c1. The average Bonchev–Trinajstić information content (AvgIpc) is 3.36. The first-order chi connectivity index (χ1) is 14.6. The highest BCUT2D eigenvalue weighted by Crippen LogP contribution is 2.22. The zero-order valence-electron chi connectivity index (χ0n) is 17.5. The van der Waals surface area contributed by atoms with Crippen LogP contribution in [0.3, 0.4) is 0 Å². The highest BCUT2D eigenvalue weighted by molar-refractivity contribution is 7.99. The summed E-state index contributed by atoms with van der Waals surface area (Å²) in [5.74, 6) is 0.443. The van der Waals surface area contributed by atoms with Crippen LogP contribution in [0.1, 0.15) is 23.1 Å². The number of carbonyl (C=O) groups is 1. The summed E-state index contributed by atoms with van der Waals surface area (Å²) in [4.78, 5) is 19.4. The van der Waals surface area contributed by atoms with E-state index in [9.17, 15) is 4.79 Å². The number of likely N-dealkylation sites (tertiary alicyclic amines) is 1. The van der Waals surface area contributed by atoms with Crippen molar-refractivity contribution in [1.82, 2.24) is 19.8 Å². The van der Waals surface area contributed by atoms with Gasteiger partial charge in [0.25, 0.3) is 0 Å². The van der Waals surface area contributed by atoms with Crippen LogP contribution in [0.2, 0.25) is 0 Å². The minimum Gasteiger partial charge on any atom is -0.351 e. The van der Waals surface area contributed by atoms with Crippen LogP contribution >= 0.6 is 11.8 Å². The van der Waals surface area contributed by atoms with Crippen molar-refractivity contribution in [2.24, 2.45) is 0 Å². The number of imidazole rings is 1. The van der Waals surface area contributed by atoms with Gasteiger partial charge in [0, 0.05) is 43.8 Å². The molecule has 1 aliphatic heterocycles. The Morgan fingerprint density at radius 1 is 1.17 bits per heavy atom. The predicted molar refractivity (Wildman–Crippen MR) is 122 cm³/mol. The molecule has 2 aromatic carbocycles. The largest absolute Gasteiger partial charge is 0.351 e. The topological polar surface area (TPSA) is 50.2 Å². The molecule has 5 nitrogen and oxygen atoms in total. The van der Waals surface area contributed by atoms with E-state index in [2.05, 4.69) is 76.1 Å². The van der Waals surface area contributed by atoms with Gasteiger partial charge in [0.05, 0.1) is 5.75 Å². The molecule has 0 aliphatic carbocycles. The van der Waals surface area contributed by atoms with E-state index in [4.69, 9.17) is 0 Å². The van der Waals surface area contributed by atoms with E-state index in [0.717, 1.165) is 36.9 Å². The highest BCUT2D eigenvalue weighted by Gasteiger charge is 2.24. The number of nitrogens with zero attached hydrogens (tertiary/aromatic N) is 3. The van der Waals surface area contributed by atoms with E-state index < -0.39 is 0 Å². The number of aromatic nitrogens is 2. The van der Waals surface area contributed by atoms with Crippen LogP contribution in [0.25, 0.3) is 5.69 Å². The average molecular weight is 421 g/mol. The number of amides is 1. The van der Waals surface area contributed by atoms with Crippen molar-refractivity contribution in [3.8, 4) is 5.69 Å². The maximum absolute atomic E-state index is 12.5. The molecule has 0 spiro atoms. The number of nitrogens with one attached hydrogen (secondary N) is 1. The molecule has 30 heavy (non-hydrogen) atoms. The fraction of sp³-hybridized carbons (Fsp3) is 0.333. The highest BCUT2D eigenvalue weighted by atomic mass is 32.2. The summed E-state index contributed by atoms with van der Waals surface area (Å²) in [6.45, 7) is 7.05. The Morgan fingerprint density at radius 2 is 1.93 bits per heavy atom. The third-order valence-electron chi connectivity index (χ3n) is 5.31. The molecule has 1 unspecified atom stereocenters. The maximum Gasteiger partial charge on any atom is 0.230 e. The van der Waals surface area contributed by atoms with Gasteiger partial charge >= 0.3 is 0 Å². The van der Waals surface area contributed by atoms with E-state index in [1.165, 1.54) is 28.5 Å². The Labute approximate surface area is 182 Å². The lowest BCUT2D eigenvalue weighted by Crippen LogP contribution is -2.38. The molecule has 1 N–H and O–H groups in total. The zero-order chi connectivity index (χ0) is 20.9. The van der Waals surface area contributed by atoms with E-state index in [-0.39, 0.29) is 11.9 Å². The van der Waals surface area contributed by atoms with Crippen LogP contribution in [0.4, 0.5) is 0 Å². The number of hydrogen-bond acceptors (Lipinski definition) is 4. The van der Waals surface area contributed by atoms with Crippen LogP contribution < -0.4 is 5.32 Å². The van der Waals surface area contributed by atoms with Crippen molar-refractivity contribution >= 4 is 17.7 Å². The Kier molecular flexibility index (Phi) is 6.55. The Morgan fingerprint density at radius 3 is 2.70 bits per heavy atom. The molecule has 1 aromatic heterocycles. The Balaban J connectivity index is 1.28. The van der Waals surface area contributed by atoms with Crippen molar-refractivity contribution in [1.29, 1.82) is 0 Å². The first-order valence-corrected chi connectivity index (χ1v) is 11.4. The van der Waals surface area contributed by atoms with Gasteiger partial charge in [-0.05, 0) is 49.1 Å². The van der Waals surface area contributed by atoms with Gasteiger partial charge in [0.2, 0.25) is 5.91 Å². The van der Waals surface area contributed by atoms with Crippen molar-refractivity contribution in [2.45, 2.75) is 38.0 Å². The fourth-order valence-electron chi connectivity index (χ4n) is 4.02. The van der Waals surface area contributed by atoms with Gasteiger partial charge in [-0.15, -0.1) is 0 Å². The molecule has 0 saturated carbocycles. The number of hydrogen-bond donors (Lipinski definition) is 1. The summed E-state index contributed by atoms with van der Waals surface area (Å²) in [6, 6.07) is 17.1. The van der Waals surface area contributed by atoms with Crippen LogP contribution in [0.5, 0.6) is 0 Å². The minimum atomic E-state index is 0.0709. The number of thioether (sulfide) groups is 1. The molecule has 4 rings (SSSR count). The van der Waals surface area contributed by atoms with Gasteiger partial charge in [0.1, 0.15) is 0 Å². The van der Waals surface area contributed by atoms with Crippen LogP contribution in [0.15, 0.2) is 66.1 Å². The zero-order valence-corrected chi connectivity index (χ0v) is 18.4. The third-order valence-corrected chi connectivity index (χ3v) is 6.28. The van der Waals surface area contributed by atoms with Crippen molar-refractivity contribution in [3.05, 3.63) is 77.6 Å². The lowest BCUT2D eigenvalue weighted by Gasteiger charge is -2.17. The molecule has 1 atom stereocenters. The first-order valence-electron chi connectivity index (χ1n) is 10.4. The second kappa shape index (κ2) is 9.49. The third kappa shape index (κ3) is 5.32. The predicted octanol–water partition coefficient (Wildman–Crippen LogP) is 3.97. The van der Waals surface area contributed by atoms with Crippen LogP contribution in [0, 0.1) is 13.8 Å². The van der Waals surface area contributed by atoms with E-state index in [1.54, 1.807) is 6.20 Å². The molecule has 1 amide bonds. The Bertz CT molecular complexity index is 981. The number of carbonyl (C=O) groups excluding carboxylic acids is 1. The lowest BCUT2D eigenvalue weighted by atomic mass is 10.1. The maximum atomic E-state index is 12.5.